The molecule has 0 amide bonds. The molecule has 1 heterocycles. The Hall–Kier alpha value is -1.19. The number of fused-ring (bicyclic) bond motifs is 1. The van der Waals surface area contributed by atoms with Crippen molar-refractivity contribution in [3.8, 4) is 0 Å². The van der Waals surface area contributed by atoms with Crippen LogP contribution in [-0.4, -0.2) is 4.98 Å². The van der Waals surface area contributed by atoms with Crippen LogP contribution in [-0.2, 0) is 12.8 Å². The van der Waals surface area contributed by atoms with Gasteiger partial charge in [0.15, 0.2) is 0 Å². The van der Waals surface area contributed by atoms with E-state index in [1.165, 1.54) is 42.7 Å². The molecule has 1 atom stereocenters. The highest BCUT2D eigenvalue weighted by Gasteiger charge is 2.18. The van der Waals surface area contributed by atoms with Gasteiger partial charge in [0.2, 0.25) is 0 Å². The highest BCUT2D eigenvalue weighted by molar-refractivity contribution is 7.11. The van der Waals surface area contributed by atoms with Crippen LogP contribution in [0.5, 0.6) is 0 Å². The van der Waals surface area contributed by atoms with Gasteiger partial charge < -0.3 is 5.73 Å². The Balaban J connectivity index is 1.87. The summed E-state index contributed by atoms with van der Waals surface area (Å²) in [7, 11) is 0. The van der Waals surface area contributed by atoms with Crippen molar-refractivity contribution in [2.24, 2.45) is 5.73 Å². The normalized spacial score (nSPS) is 17.3. The summed E-state index contributed by atoms with van der Waals surface area (Å²) in [6, 6.07) is 10.2. The predicted octanol–water partition coefficient (Wildman–Crippen LogP) is 3.85. The quantitative estimate of drug-likeness (QED) is 0.902. The second kappa shape index (κ2) is 5.85. The molecule has 0 spiro atoms. The molecule has 0 saturated carbocycles. The van der Waals surface area contributed by atoms with Crippen molar-refractivity contribution >= 4 is 11.3 Å². The highest BCUT2D eigenvalue weighted by Crippen LogP contribution is 2.30. The van der Waals surface area contributed by atoms with Gasteiger partial charge in [0.05, 0.1) is 11.7 Å². The number of aryl methyl sites for hydroxylation is 2. The van der Waals surface area contributed by atoms with Crippen LogP contribution in [0.25, 0.3) is 0 Å². The number of hydrogen-bond donors (Lipinski definition) is 1. The highest BCUT2D eigenvalue weighted by atomic mass is 32.1. The van der Waals surface area contributed by atoms with Crippen molar-refractivity contribution < 1.29 is 0 Å². The average Bonchev–Trinajstić information content (AvgIpc) is 2.81. The molecule has 1 aromatic heterocycles. The van der Waals surface area contributed by atoms with Gasteiger partial charge in [0, 0.05) is 4.88 Å². The number of aromatic nitrogens is 1. The molecule has 1 aliphatic carbocycles. The minimum Gasteiger partial charge on any atom is -0.318 e. The molecule has 2 aromatic rings. The lowest BCUT2D eigenvalue weighted by Gasteiger charge is -2.07. The fourth-order valence-electron chi connectivity index (χ4n) is 2.66. The van der Waals surface area contributed by atoms with Crippen molar-refractivity contribution in [1.29, 1.82) is 0 Å². The molecule has 1 aromatic carbocycles. The molecule has 3 rings (SSSR count). The summed E-state index contributed by atoms with van der Waals surface area (Å²) < 4.78 is 0. The van der Waals surface area contributed by atoms with E-state index in [4.69, 9.17) is 10.7 Å². The molecule has 0 aliphatic heterocycles. The first kappa shape index (κ1) is 12.8. The molecule has 0 bridgehead atoms. The molecule has 2 nitrogen and oxygen atoms in total. The summed E-state index contributed by atoms with van der Waals surface area (Å²) in [5, 5.41) is 1.08. The van der Waals surface area contributed by atoms with Gasteiger partial charge in [0.25, 0.3) is 0 Å². The maximum Gasteiger partial charge on any atom is 0.114 e. The van der Waals surface area contributed by atoms with Crippen LogP contribution in [0.2, 0.25) is 0 Å². The van der Waals surface area contributed by atoms with E-state index in [0.717, 1.165) is 17.0 Å². The van der Waals surface area contributed by atoms with Crippen LogP contribution in [0.3, 0.4) is 0 Å². The summed E-state index contributed by atoms with van der Waals surface area (Å²) in [6.45, 7) is 0. The standard InChI is InChI=1S/C16H20N2S/c17-15(12-8-4-3-5-9-12)16-18-13-10-6-1-2-7-11-14(13)19-16/h3-5,8-9,15H,1-2,6-7,10-11,17H2. The van der Waals surface area contributed by atoms with E-state index in [-0.39, 0.29) is 6.04 Å². The number of thiazole rings is 1. The Morgan fingerprint density at radius 3 is 2.53 bits per heavy atom. The van der Waals surface area contributed by atoms with Gasteiger partial charge in [0.1, 0.15) is 5.01 Å². The summed E-state index contributed by atoms with van der Waals surface area (Å²) in [4.78, 5) is 6.30. The van der Waals surface area contributed by atoms with E-state index in [2.05, 4.69) is 12.1 Å². The summed E-state index contributed by atoms with van der Waals surface area (Å²) >= 11 is 1.82. The first-order valence-corrected chi connectivity index (χ1v) is 7.95. The zero-order valence-electron chi connectivity index (χ0n) is 11.1. The Bertz CT molecular complexity index is 507. The maximum absolute atomic E-state index is 6.35. The molecule has 3 heteroatoms. The van der Waals surface area contributed by atoms with Gasteiger partial charge in [-0.05, 0) is 31.2 Å². The van der Waals surface area contributed by atoms with E-state index in [0.29, 0.717) is 0 Å². The number of hydrogen-bond acceptors (Lipinski definition) is 3. The van der Waals surface area contributed by atoms with Gasteiger partial charge in [-0.25, -0.2) is 4.98 Å². The molecular weight excluding hydrogens is 252 g/mol. The zero-order chi connectivity index (χ0) is 13.1. The zero-order valence-corrected chi connectivity index (χ0v) is 12.0. The minimum absolute atomic E-state index is 0.0700. The number of benzene rings is 1. The van der Waals surface area contributed by atoms with Crippen LogP contribution >= 0.6 is 11.3 Å². The lowest BCUT2D eigenvalue weighted by molar-refractivity contribution is 0.614. The topological polar surface area (TPSA) is 38.9 Å². The van der Waals surface area contributed by atoms with Gasteiger partial charge in [-0.15, -0.1) is 11.3 Å². The van der Waals surface area contributed by atoms with Gasteiger partial charge >= 0.3 is 0 Å². The second-order valence-corrected chi connectivity index (χ2v) is 6.34. The Morgan fingerprint density at radius 1 is 1.00 bits per heavy atom. The first-order valence-electron chi connectivity index (χ1n) is 7.13. The third-order valence-electron chi connectivity index (χ3n) is 3.79. The van der Waals surface area contributed by atoms with Crippen molar-refractivity contribution in [3.63, 3.8) is 0 Å². The third-order valence-corrected chi connectivity index (χ3v) is 5.03. The summed E-state index contributed by atoms with van der Waals surface area (Å²) in [5.74, 6) is 0. The van der Waals surface area contributed by atoms with Gasteiger partial charge in [-0.2, -0.15) is 0 Å². The number of nitrogens with two attached hydrogens (primary N) is 1. The predicted molar refractivity (Wildman–Crippen MR) is 80.5 cm³/mol. The van der Waals surface area contributed by atoms with Crippen molar-refractivity contribution in [3.05, 3.63) is 51.5 Å². The summed E-state index contributed by atoms with van der Waals surface area (Å²) in [5.41, 5.74) is 8.82. The summed E-state index contributed by atoms with van der Waals surface area (Å²) in [6.07, 6.45) is 7.60. The average molecular weight is 272 g/mol. The monoisotopic (exact) mass is 272 g/mol. The molecule has 0 fully saturated rings. The second-order valence-electron chi connectivity index (χ2n) is 5.22. The van der Waals surface area contributed by atoms with E-state index in [1.807, 2.05) is 29.5 Å². The molecule has 0 saturated heterocycles. The van der Waals surface area contributed by atoms with Crippen molar-refractivity contribution in [1.82, 2.24) is 4.98 Å². The van der Waals surface area contributed by atoms with Crippen molar-refractivity contribution in [2.75, 3.05) is 0 Å². The fraction of sp³-hybridized carbons (Fsp3) is 0.438. The van der Waals surface area contributed by atoms with E-state index < -0.39 is 0 Å². The van der Waals surface area contributed by atoms with E-state index >= 15 is 0 Å². The Morgan fingerprint density at radius 2 is 1.74 bits per heavy atom. The lowest BCUT2D eigenvalue weighted by Crippen LogP contribution is -2.11. The molecular formula is C16H20N2S. The van der Waals surface area contributed by atoms with Crippen LogP contribution < -0.4 is 5.73 Å². The van der Waals surface area contributed by atoms with Gasteiger partial charge in [-0.1, -0.05) is 43.2 Å². The Kier molecular flexibility index (Phi) is 3.95. The van der Waals surface area contributed by atoms with Crippen LogP contribution in [0, 0.1) is 0 Å². The van der Waals surface area contributed by atoms with Crippen LogP contribution in [0.1, 0.15) is 52.9 Å². The maximum atomic E-state index is 6.35. The third kappa shape index (κ3) is 2.88. The first-order chi connectivity index (χ1) is 9.34. The lowest BCUT2D eigenvalue weighted by atomic mass is 10.0. The molecule has 2 N–H and O–H groups in total. The largest absolute Gasteiger partial charge is 0.318 e. The fourth-order valence-corrected chi connectivity index (χ4v) is 3.84. The molecule has 0 radical (unpaired) electrons. The molecule has 100 valence electrons. The smallest absolute Gasteiger partial charge is 0.114 e. The van der Waals surface area contributed by atoms with Crippen molar-refractivity contribution in [2.45, 2.75) is 44.6 Å². The molecule has 1 aliphatic rings. The Labute approximate surface area is 118 Å². The number of nitrogens with zero attached hydrogens (tertiary/aromatic N) is 1. The van der Waals surface area contributed by atoms with Gasteiger partial charge in [-0.3, -0.25) is 0 Å². The molecule has 19 heavy (non-hydrogen) atoms. The van der Waals surface area contributed by atoms with Crippen LogP contribution in [0.15, 0.2) is 30.3 Å². The minimum atomic E-state index is -0.0700. The number of rotatable bonds is 2. The van der Waals surface area contributed by atoms with Crippen LogP contribution in [0.4, 0.5) is 0 Å². The molecule has 1 unspecified atom stereocenters. The van der Waals surface area contributed by atoms with E-state index in [9.17, 15) is 0 Å². The SMILES string of the molecule is NC(c1ccccc1)c1nc2c(s1)CCCCCC2. The van der Waals surface area contributed by atoms with E-state index in [1.54, 1.807) is 0 Å².